The zero-order valence-corrected chi connectivity index (χ0v) is 11.1. The van der Waals surface area contributed by atoms with Crippen LogP contribution in [0.5, 0.6) is 5.75 Å². The maximum absolute atomic E-state index is 11.1. The van der Waals surface area contributed by atoms with E-state index in [9.17, 15) is 4.79 Å². The van der Waals surface area contributed by atoms with Crippen molar-refractivity contribution in [2.75, 3.05) is 0 Å². The fraction of sp³-hybridized carbons (Fsp3) is 0.231. The molecule has 19 heavy (non-hydrogen) atoms. The molecule has 1 aromatic heterocycles. The highest BCUT2D eigenvalue weighted by molar-refractivity contribution is 6.30. The Balaban J connectivity index is 2.16. The first-order chi connectivity index (χ1) is 9.11. The van der Waals surface area contributed by atoms with Crippen LogP contribution >= 0.6 is 11.6 Å². The Morgan fingerprint density at radius 3 is 2.68 bits per heavy atom. The van der Waals surface area contributed by atoms with E-state index in [1.807, 2.05) is 6.92 Å². The molecule has 0 atom stereocenters. The predicted octanol–water partition coefficient (Wildman–Crippen LogP) is 2.83. The highest BCUT2D eigenvalue weighted by Crippen LogP contribution is 2.18. The van der Waals surface area contributed by atoms with Crippen molar-refractivity contribution in [3.8, 4) is 5.75 Å². The van der Waals surface area contributed by atoms with E-state index < -0.39 is 5.97 Å². The lowest BCUT2D eigenvalue weighted by Crippen LogP contribution is -2.10. The van der Waals surface area contributed by atoms with Crippen LogP contribution in [0.3, 0.4) is 0 Å². The van der Waals surface area contributed by atoms with E-state index >= 15 is 0 Å². The van der Waals surface area contributed by atoms with Gasteiger partial charge in [-0.15, -0.1) is 0 Å². The molecule has 0 amide bonds. The summed E-state index contributed by atoms with van der Waals surface area (Å²) in [5.74, 6) is -0.376. The first-order valence-corrected chi connectivity index (χ1v) is 6.16. The largest absolute Gasteiger partial charge is 0.487 e. The van der Waals surface area contributed by atoms with Gasteiger partial charge in [0.15, 0.2) is 0 Å². The van der Waals surface area contributed by atoms with Crippen LogP contribution in [-0.2, 0) is 13.2 Å². The summed E-state index contributed by atoms with van der Waals surface area (Å²) < 4.78 is 7.17. The van der Waals surface area contributed by atoms with Gasteiger partial charge < -0.3 is 9.84 Å². The van der Waals surface area contributed by atoms with Crippen molar-refractivity contribution in [2.45, 2.75) is 20.1 Å². The third-order valence-electron chi connectivity index (χ3n) is 2.67. The Morgan fingerprint density at radius 1 is 1.42 bits per heavy atom. The quantitative estimate of drug-likeness (QED) is 0.915. The van der Waals surface area contributed by atoms with Crippen LogP contribution in [0.4, 0.5) is 0 Å². The summed E-state index contributed by atoms with van der Waals surface area (Å²) in [4.78, 5) is 11.1. The van der Waals surface area contributed by atoms with Gasteiger partial charge in [0, 0.05) is 11.6 Å². The summed E-state index contributed by atoms with van der Waals surface area (Å²) in [6.07, 6.45) is 1.34. The molecule has 2 rings (SSSR count). The maximum Gasteiger partial charge on any atom is 0.339 e. The van der Waals surface area contributed by atoms with E-state index in [2.05, 4.69) is 5.10 Å². The van der Waals surface area contributed by atoms with Gasteiger partial charge in [-0.05, 0) is 31.2 Å². The third-order valence-corrected chi connectivity index (χ3v) is 2.92. The van der Waals surface area contributed by atoms with Gasteiger partial charge in [-0.25, -0.2) is 4.79 Å². The Bertz CT molecular complexity index is 578. The van der Waals surface area contributed by atoms with E-state index in [-0.39, 0.29) is 12.2 Å². The minimum atomic E-state index is -1.01. The second-order valence-electron chi connectivity index (χ2n) is 3.87. The van der Waals surface area contributed by atoms with E-state index in [4.69, 9.17) is 21.4 Å². The molecule has 0 fully saturated rings. The molecule has 0 aliphatic carbocycles. The Kier molecular flexibility index (Phi) is 4.06. The average Bonchev–Trinajstić information content (AvgIpc) is 2.81. The molecule has 2 aromatic rings. The maximum atomic E-state index is 11.1. The molecule has 0 saturated carbocycles. The summed E-state index contributed by atoms with van der Waals surface area (Å²) >= 11 is 5.78. The number of aromatic nitrogens is 2. The van der Waals surface area contributed by atoms with Gasteiger partial charge in [0.2, 0.25) is 0 Å². The second-order valence-corrected chi connectivity index (χ2v) is 4.30. The zero-order valence-electron chi connectivity index (χ0n) is 10.3. The Labute approximate surface area is 115 Å². The molecule has 0 aliphatic heterocycles. The standard InChI is InChI=1S/C13H13ClN2O3/c1-2-16-12(11(7-15-16)13(17)18)8-19-10-5-3-9(14)4-6-10/h3-7H,2,8H2,1H3,(H,17,18). The van der Waals surface area contributed by atoms with E-state index in [1.165, 1.54) is 6.20 Å². The number of carboxylic acids is 1. The number of aromatic carboxylic acids is 1. The molecule has 6 heteroatoms. The van der Waals surface area contributed by atoms with Crippen LogP contribution in [0, 0.1) is 0 Å². The number of carbonyl (C=O) groups is 1. The third kappa shape index (κ3) is 3.06. The molecule has 0 aliphatic rings. The van der Waals surface area contributed by atoms with Crippen molar-refractivity contribution in [1.29, 1.82) is 0 Å². The van der Waals surface area contributed by atoms with E-state index in [1.54, 1.807) is 28.9 Å². The molecule has 1 N–H and O–H groups in total. The topological polar surface area (TPSA) is 64.4 Å². The molecule has 1 aromatic carbocycles. The zero-order chi connectivity index (χ0) is 13.8. The van der Waals surface area contributed by atoms with Crippen LogP contribution in [0.15, 0.2) is 30.5 Å². The van der Waals surface area contributed by atoms with Crippen LogP contribution in [0.1, 0.15) is 23.0 Å². The minimum Gasteiger partial charge on any atom is -0.487 e. The van der Waals surface area contributed by atoms with Gasteiger partial charge in [0.1, 0.15) is 17.9 Å². The number of rotatable bonds is 5. The first kappa shape index (κ1) is 13.4. The van der Waals surface area contributed by atoms with Gasteiger partial charge in [-0.3, -0.25) is 4.68 Å². The monoisotopic (exact) mass is 280 g/mol. The SMILES string of the molecule is CCn1ncc(C(=O)O)c1COc1ccc(Cl)cc1. The Hall–Kier alpha value is -2.01. The van der Waals surface area contributed by atoms with Gasteiger partial charge in [0.25, 0.3) is 0 Å². The van der Waals surface area contributed by atoms with Crippen LogP contribution in [0.2, 0.25) is 5.02 Å². The molecular formula is C13H13ClN2O3. The van der Waals surface area contributed by atoms with Crippen molar-refractivity contribution in [3.63, 3.8) is 0 Å². The summed E-state index contributed by atoms with van der Waals surface area (Å²) in [6.45, 7) is 2.63. The van der Waals surface area contributed by atoms with Gasteiger partial charge >= 0.3 is 5.97 Å². The van der Waals surface area contributed by atoms with Crippen LogP contribution in [-0.4, -0.2) is 20.9 Å². The minimum absolute atomic E-state index is 0.150. The van der Waals surface area contributed by atoms with Gasteiger partial charge in [-0.2, -0.15) is 5.10 Å². The lowest BCUT2D eigenvalue weighted by Gasteiger charge is -2.09. The highest BCUT2D eigenvalue weighted by Gasteiger charge is 2.16. The predicted molar refractivity (Wildman–Crippen MR) is 70.6 cm³/mol. The van der Waals surface area contributed by atoms with E-state index in [0.29, 0.717) is 23.0 Å². The fourth-order valence-electron chi connectivity index (χ4n) is 1.70. The summed E-state index contributed by atoms with van der Waals surface area (Å²) in [7, 11) is 0. The number of nitrogens with zero attached hydrogens (tertiary/aromatic N) is 2. The number of hydrogen-bond acceptors (Lipinski definition) is 3. The van der Waals surface area contributed by atoms with Crippen LogP contribution < -0.4 is 4.74 Å². The number of ether oxygens (including phenoxy) is 1. The number of benzene rings is 1. The highest BCUT2D eigenvalue weighted by atomic mass is 35.5. The number of hydrogen-bond donors (Lipinski definition) is 1. The van der Waals surface area contributed by atoms with Gasteiger partial charge in [-0.1, -0.05) is 11.6 Å². The summed E-state index contributed by atoms with van der Waals surface area (Å²) in [5.41, 5.74) is 0.709. The molecule has 100 valence electrons. The van der Waals surface area contributed by atoms with Gasteiger partial charge in [0.05, 0.1) is 11.9 Å². The summed E-state index contributed by atoms with van der Waals surface area (Å²) in [6, 6.07) is 6.89. The lowest BCUT2D eigenvalue weighted by atomic mass is 10.2. The normalized spacial score (nSPS) is 10.4. The molecule has 1 heterocycles. The molecule has 0 bridgehead atoms. The lowest BCUT2D eigenvalue weighted by molar-refractivity contribution is 0.0693. The van der Waals surface area contributed by atoms with Crippen molar-refractivity contribution < 1.29 is 14.6 Å². The average molecular weight is 281 g/mol. The fourth-order valence-corrected chi connectivity index (χ4v) is 1.82. The number of aryl methyl sites for hydroxylation is 1. The second kappa shape index (κ2) is 5.75. The van der Waals surface area contributed by atoms with E-state index in [0.717, 1.165) is 0 Å². The molecular weight excluding hydrogens is 268 g/mol. The molecule has 0 spiro atoms. The smallest absolute Gasteiger partial charge is 0.339 e. The molecule has 5 nitrogen and oxygen atoms in total. The van der Waals surface area contributed by atoms with Crippen molar-refractivity contribution in [3.05, 3.63) is 46.7 Å². The van der Waals surface area contributed by atoms with Crippen molar-refractivity contribution in [1.82, 2.24) is 9.78 Å². The molecule has 0 saturated heterocycles. The van der Waals surface area contributed by atoms with Crippen molar-refractivity contribution >= 4 is 17.6 Å². The summed E-state index contributed by atoms with van der Waals surface area (Å²) in [5, 5.41) is 13.7. The Morgan fingerprint density at radius 2 is 2.11 bits per heavy atom. The number of carboxylic acid groups (broad SMARTS) is 1. The van der Waals surface area contributed by atoms with Crippen molar-refractivity contribution in [2.24, 2.45) is 0 Å². The first-order valence-electron chi connectivity index (χ1n) is 5.78. The number of halogens is 1. The van der Waals surface area contributed by atoms with Crippen LogP contribution in [0.25, 0.3) is 0 Å². The molecule has 0 radical (unpaired) electrons. The molecule has 0 unspecified atom stereocenters.